The Hall–Kier alpha value is -2.34. The quantitative estimate of drug-likeness (QED) is 0.888. The van der Waals surface area contributed by atoms with Crippen molar-refractivity contribution in [1.82, 2.24) is 9.78 Å². The van der Waals surface area contributed by atoms with Crippen molar-refractivity contribution >= 4 is 11.6 Å². The summed E-state index contributed by atoms with van der Waals surface area (Å²) >= 11 is 0. The summed E-state index contributed by atoms with van der Waals surface area (Å²) in [4.78, 5) is 12.9. The minimum absolute atomic E-state index is 0.00655. The van der Waals surface area contributed by atoms with Gasteiger partial charge in [-0.05, 0) is 52.3 Å². The van der Waals surface area contributed by atoms with E-state index in [2.05, 4.69) is 38.1 Å². The number of nitrogens with one attached hydrogen (secondary N) is 1. The predicted molar refractivity (Wildman–Crippen MR) is 103 cm³/mol. The van der Waals surface area contributed by atoms with Gasteiger partial charge in [0, 0.05) is 42.1 Å². The van der Waals surface area contributed by atoms with E-state index in [-0.39, 0.29) is 29.6 Å². The monoisotopic (exact) mass is 369 g/mol. The number of nitrogens with zero attached hydrogens (tertiary/aromatic N) is 2. The molecule has 2 aliphatic rings. The van der Waals surface area contributed by atoms with Gasteiger partial charge in [0.2, 0.25) is 5.91 Å². The number of amides is 1. The second kappa shape index (κ2) is 6.68. The third kappa shape index (κ3) is 3.58. The molecule has 3 heterocycles. The van der Waals surface area contributed by atoms with Crippen molar-refractivity contribution in [2.45, 2.75) is 58.3 Å². The predicted octanol–water partition coefficient (Wildman–Crippen LogP) is 3.89. The summed E-state index contributed by atoms with van der Waals surface area (Å²) < 4.78 is 13.7. The highest BCUT2D eigenvalue weighted by Gasteiger charge is 2.36. The SMILES string of the molecule is CC(C)n1cc([C@@H]2OCC[C@H]2C(=O)Nc2ccc3c(c2)CC(C)(C)O3)cn1. The summed E-state index contributed by atoms with van der Waals surface area (Å²) in [7, 11) is 0. The van der Waals surface area contributed by atoms with Crippen LogP contribution in [-0.2, 0) is 16.0 Å². The van der Waals surface area contributed by atoms with Crippen molar-refractivity contribution in [2.75, 3.05) is 11.9 Å². The maximum absolute atomic E-state index is 12.9. The highest BCUT2D eigenvalue weighted by Crippen LogP contribution is 2.38. The summed E-state index contributed by atoms with van der Waals surface area (Å²) in [6.45, 7) is 8.89. The number of anilines is 1. The number of rotatable bonds is 4. The minimum Gasteiger partial charge on any atom is -0.487 e. The Labute approximate surface area is 159 Å². The molecule has 27 heavy (non-hydrogen) atoms. The van der Waals surface area contributed by atoms with Gasteiger partial charge in [-0.2, -0.15) is 5.10 Å². The maximum atomic E-state index is 12.9. The van der Waals surface area contributed by atoms with E-state index in [1.807, 2.05) is 35.3 Å². The number of fused-ring (bicyclic) bond motifs is 1. The Morgan fingerprint density at radius 2 is 2.19 bits per heavy atom. The smallest absolute Gasteiger partial charge is 0.230 e. The van der Waals surface area contributed by atoms with Gasteiger partial charge in [-0.3, -0.25) is 9.48 Å². The molecule has 6 nitrogen and oxygen atoms in total. The zero-order chi connectivity index (χ0) is 19.2. The zero-order valence-corrected chi connectivity index (χ0v) is 16.4. The van der Waals surface area contributed by atoms with Gasteiger partial charge in [-0.25, -0.2) is 0 Å². The molecule has 2 atom stereocenters. The van der Waals surface area contributed by atoms with Crippen LogP contribution >= 0.6 is 0 Å². The van der Waals surface area contributed by atoms with E-state index >= 15 is 0 Å². The fraction of sp³-hybridized carbons (Fsp3) is 0.524. The summed E-state index contributed by atoms with van der Waals surface area (Å²) in [5.74, 6) is 0.685. The van der Waals surface area contributed by atoms with E-state index in [0.29, 0.717) is 13.0 Å². The first-order valence-corrected chi connectivity index (χ1v) is 9.61. The Morgan fingerprint density at radius 1 is 1.37 bits per heavy atom. The van der Waals surface area contributed by atoms with Gasteiger partial charge >= 0.3 is 0 Å². The van der Waals surface area contributed by atoms with Crippen molar-refractivity contribution in [3.63, 3.8) is 0 Å². The molecule has 0 bridgehead atoms. The molecule has 4 rings (SSSR count). The van der Waals surface area contributed by atoms with Crippen molar-refractivity contribution < 1.29 is 14.3 Å². The zero-order valence-electron chi connectivity index (χ0n) is 16.4. The minimum atomic E-state index is -0.241. The van der Waals surface area contributed by atoms with Gasteiger partial charge in [0.25, 0.3) is 0 Å². The van der Waals surface area contributed by atoms with Crippen LogP contribution in [0.15, 0.2) is 30.6 Å². The summed E-state index contributed by atoms with van der Waals surface area (Å²) in [6, 6.07) is 6.14. The highest BCUT2D eigenvalue weighted by molar-refractivity contribution is 5.93. The van der Waals surface area contributed by atoms with Gasteiger partial charge < -0.3 is 14.8 Å². The van der Waals surface area contributed by atoms with Crippen LogP contribution in [0.4, 0.5) is 5.69 Å². The Bertz CT molecular complexity index is 856. The average molecular weight is 369 g/mol. The number of benzene rings is 1. The third-order valence-electron chi connectivity index (χ3n) is 5.24. The topological polar surface area (TPSA) is 65.4 Å². The Balaban J connectivity index is 1.48. The molecule has 1 N–H and O–H groups in total. The molecule has 144 valence electrons. The molecule has 0 saturated carbocycles. The molecular formula is C21H27N3O3. The van der Waals surface area contributed by atoms with Crippen LogP contribution in [0.5, 0.6) is 5.75 Å². The van der Waals surface area contributed by atoms with E-state index in [1.165, 1.54) is 0 Å². The number of hydrogen-bond donors (Lipinski definition) is 1. The van der Waals surface area contributed by atoms with Gasteiger partial charge in [0.1, 0.15) is 11.4 Å². The standard InChI is InChI=1S/C21H27N3O3/c1-13(2)24-12-15(11-22-24)19-17(7-8-26-19)20(25)23-16-5-6-18-14(9-16)10-21(3,4)27-18/h5-6,9,11-13,17,19H,7-8,10H2,1-4H3,(H,23,25)/t17-,19+/m1/s1. The summed E-state index contributed by atoms with van der Waals surface area (Å²) in [5, 5.41) is 7.45. The fourth-order valence-corrected chi connectivity index (χ4v) is 3.89. The molecule has 1 aromatic carbocycles. The molecule has 1 amide bonds. The number of aromatic nitrogens is 2. The largest absolute Gasteiger partial charge is 0.487 e. The molecule has 1 aromatic heterocycles. The molecule has 6 heteroatoms. The van der Waals surface area contributed by atoms with Gasteiger partial charge in [0.15, 0.2) is 0 Å². The van der Waals surface area contributed by atoms with Gasteiger partial charge in [-0.1, -0.05) is 0 Å². The molecule has 1 fully saturated rings. The first-order valence-electron chi connectivity index (χ1n) is 9.61. The van der Waals surface area contributed by atoms with Crippen molar-refractivity contribution in [3.05, 3.63) is 41.7 Å². The maximum Gasteiger partial charge on any atom is 0.230 e. The second-order valence-corrected chi connectivity index (χ2v) is 8.38. The lowest BCUT2D eigenvalue weighted by Crippen LogP contribution is -2.25. The number of hydrogen-bond acceptors (Lipinski definition) is 4. The molecule has 1 saturated heterocycles. The summed E-state index contributed by atoms with van der Waals surface area (Å²) in [5.41, 5.74) is 2.72. The van der Waals surface area contributed by atoms with Crippen molar-refractivity contribution in [3.8, 4) is 5.75 Å². The number of carbonyl (C=O) groups excluding carboxylic acids is 1. The summed E-state index contributed by atoms with van der Waals surface area (Å²) in [6.07, 6.45) is 5.11. The third-order valence-corrected chi connectivity index (χ3v) is 5.24. The van der Waals surface area contributed by atoms with Crippen LogP contribution in [-0.4, -0.2) is 27.9 Å². The molecular weight excluding hydrogens is 342 g/mol. The molecule has 0 radical (unpaired) electrons. The van der Waals surface area contributed by atoms with Crippen molar-refractivity contribution in [2.24, 2.45) is 5.92 Å². The Kier molecular flexibility index (Phi) is 4.46. The molecule has 2 aliphatic heterocycles. The highest BCUT2D eigenvalue weighted by atomic mass is 16.5. The number of carbonyl (C=O) groups is 1. The first-order chi connectivity index (χ1) is 12.8. The molecule has 0 aliphatic carbocycles. The lowest BCUT2D eigenvalue weighted by molar-refractivity contribution is -0.121. The average Bonchev–Trinajstić information content (AvgIpc) is 3.30. The van der Waals surface area contributed by atoms with Crippen molar-refractivity contribution in [1.29, 1.82) is 0 Å². The van der Waals surface area contributed by atoms with E-state index in [4.69, 9.17) is 9.47 Å². The second-order valence-electron chi connectivity index (χ2n) is 8.38. The van der Waals surface area contributed by atoms with Crippen LogP contribution in [0, 0.1) is 5.92 Å². The fourth-order valence-electron chi connectivity index (χ4n) is 3.89. The Morgan fingerprint density at radius 3 is 2.93 bits per heavy atom. The van der Waals surface area contributed by atoms with Crippen LogP contribution in [0.3, 0.4) is 0 Å². The first kappa shape index (κ1) is 18.0. The van der Waals surface area contributed by atoms with Gasteiger partial charge in [-0.15, -0.1) is 0 Å². The molecule has 0 spiro atoms. The normalized spacial score (nSPS) is 23.3. The number of ether oxygens (including phenoxy) is 2. The molecule has 2 aromatic rings. The van der Waals surface area contributed by atoms with Crippen LogP contribution in [0.1, 0.15) is 57.4 Å². The van der Waals surface area contributed by atoms with E-state index in [0.717, 1.165) is 29.0 Å². The van der Waals surface area contributed by atoms with Gasteiger partial charge in [0.05, 0.1) is 18.2 Å². The van der Waals surface area contributed by atoms with Crippen LogP contribution in [0.25, 0.3) is 0 Å². The van der Waals surface area contributed by atoms with E-state index in [9.17, 15) is 4.79 Å². The molecule has 0 unspecified atom stereocenters. The van der Waals surface area contributed by atoms with Crippen LogP contribution < -0.4 is 10.1 Å². The lowest BCUT2D eigenvalue weighted by atomic mass is 9.96. The van der Waals surface area contributed by atoms with E-state index in [1.54, 1.807) is 0 Å². The van der Waals surface area contributed by atoms with E-state index < -0.39 is 0 Å². The lowest BCUT2D eigenvalue weighted by Gasteiger charge is -2.17. The van der Waals surface area contributed by atoms with Crippen LogP contribution in [0.2, 0.25) is 0 Å².